The molecule has 13 heavy (non-hydrogen) atoms. The third-order valence-corrected chi connectivity index (χ3v) is 4.48. The number of hydrogen-bond acceptors (Lipinski definition) is 3. The SMILES string of the molecule is CCCNS(=O)(=O)c1ccc(C)s1. The fourth-order valence-corrected chi connectivity index (χ4v) is 3.33. The average molecular weight is 219 g/mol. The smallest absolute Gasteiger partial charge is 0.210 e. The van der Waals surface area contributed by atoms with E-state index in [2.05, 4.69) is 4.72 Å². The van der Waals surface area contributed by atoms with Crippen molar-refractivity contribution in [3.05, 3.63) is 17.0 Å². The van der Waals surface area contributed by atoms with Crippen LogP contribution in [0, 0.1) is 6.92 Å². The van der Waals surface area contributed by atoms with E-state index < -0.39 is 10.0 Å². The van der Waals surface area contributed by atoms with E-state index in [-0.39, 0.29) is 0 Å². The van der Waals surface area contributed by atoms with Crippen molar-refractivity contribution >= 4 is 21.4 Å². The first-order valence-electron chi connectivity index (χ1n) is 4.12. The van der Waals surface area contributed by atoms with E-state index in [9.17, 15) is 8.42 Å². The van der Waals surface area contributed by atoms with Gasteiger partial charge in [-0.1, -0.05) is 6.92 Å². The standard InChI is InChI=1S/C8H13NO2S2/c1-3-6-9-13(10,11)8-5-4-7(2)12-8/h4-5,9H,3,6H2,1-2H3. The van der Waals surface area contributed by atoms with Gasteiger partial charge < -0.3 is 0 Å². The zero-order chi connectivity index (χ0) is 9.90. The highest BCUT2D eigenvalue weighted by Gasteiger charge is 2.14. The molecule has 74 valence electrons. The van der Waals surface area contributed by atoms with Gasteiger partial charge in [0.05, 0.1) is 0 Å². The molecule has 0 unspecified atom stereocenters. The summed E-state index contributed by atoms with van der Waals surface area (Å²) in [5, 5.41) is 0. The number of thiophene rings is 1. The van der Waals surface area contributed by atoms with Crippen LogP contribution in [0.15, 0.2) is 16.3 Å². The minimum atomic E-state index is -3.23. The molecule has 1 aromatic heterocycles. The Morgan fingerprint density at radius 2 is 2.15 bits per heavy atom. The highest BCUT2D eigenvalue weighted by molar-refractivity contribution is 7.91. The van der Waals surface area contributed by atoms with E-state index in [1.165, 1.54) is 11.3 Å². The molecule has 0 aliphatic rings. The van der Waals surface area contributed by atoms with E-state index >= 15 is 0 Å². The van der Waals surface area contributed by atoms with Gasteiger partial charge in [-0.25, -0.2) is 13.1 Å². The number of aryl methyl sites for hydroxylation is 1. The molecular formula is C8H13NO2S2. The molecule has 3 nitrogen and oxygen atoms in total. The lowest BCUT2D eigenvalue weighted by Crippen LogP contribution is -2.23. The van der Waals surface area contributed by atoms with E-state index in [0.29, 0.717) is 10.8 Å². The van der Waals surface area contributed by atoms with Gasteiger partial charge >= 0.3 is 0 Å². The van der Waals surface area contributed by atoms with E-state index in [1.54, 1.807) is 6.07 Å². The third-order valence-electron chi connectivity index (χ3n) is 1.52. The summed E-state index contributed by atoms with van der Waals surface area (Å²) in [4.78, 5) is 1.01. The first kappa shape index (κ1) is 10.7. The maximum Gasteiger partial charge on any atom is 0.250 e. The third kappa shape index (κ3) is 2.79. The Morgan fingerprint density at radius 1 is 1.46 bits per heavy atom. The Labute approximate surface area is 82.8 Å². The van der Waals surface area contributed by atoms with Gasteiger partial charge in [0, 0.05) is 11.4 Å². The Balaban J connectivity index is 2.82. The topological polar surface area (TPSA) is 46.2 Å². The summed E-state index contributed by atoms with van der Waals surface area (Å²) in [6.07, 6.45) is 0.809. The Hall–Kier alpha value is -0.390. The molecule has 0 spiro atoms. The molecule has 1 heterocycles. The normalized spacial score (nSPS) is 11.8. The van der Waals surface area contributed by atoms with Gasteiger partial charge in [-0.05, 0) is 25.5 Å². The van der Waals surface area contributed by atoms with Crippen molar-refractivity contribution in [1.82, 2.24) is 4.72 Å². The second-order valence-electron chi connectivity index (χ2n) is 2.76. The Morgan fingerprint density at radius 3 is 2.62 bits per heavy atom. The van der Waals surface area contributed by atoms with Gasteiger partial charge in [0.15, 0.2) is 0 Å². The highest BCUT2D eigenvalue weighted by Crippen LogP contribution is 2.19. The predicted octanol–water partition coefficient (Wildman–Crippen LogP) is 1.74. The highest BCUT2D eigenvalue weighted by atomic mass is 32.2. The summed E-state index contributed by atoms with van der Waals surface area (Å²) in [5.74, 6) is 0. The minimum Gasteiger partial charge on any atom is -0.210 e. The van der Waals surface area contributed by atoms with Gasteiger partial charge in [0.25, 0.3) is 0 Å². The summed E-state index contributed by atoms with van der Waals surface area (Å²) in [7, 11) is -3.23. The molecule has 0 fully saturated rings. The van der Waals surface area contributed by atoms with Crippen molar-refractivity contribution in [3.63, 3.8) is 0 Å². The van der Waals surface area contributed by atoms with Crippen molar-refractivity contribution in [1.29, 1.82) is 0 Å². The molecule has 0 radical (unpaired) electrons. The van der Waals surface area contributed by atoms with Crippen LogP contribution in [0.5, 0.6) is 0 Å². The van der Waals surface area contributed by atoms with Crippen molar-refractivity contribution in [2.24, 2.45) is 0 Å². The maximum absolute atomic E-state index is 11.5. The van der Waals surface area contributed by atoms with Crippen LogP contribution in [0.2, 0.25) is 0 Å². The first-order chi connectivity index (χ1) is 6.06. The Kier molecular flexibility index (Phi) is 3.47. The molecule has 0 atom stereocenters. The number of hydrogen-bond donors (Lipinski definition) is 1. The average Bonchev–Trinajstić information content (AvgIpc) is 2.49. The quantitative estimate of drug-likeness (QED) is 0.838. The lowest BCUT2D eigenvalue weighted by Gasteiger charge is -2.01. The second-order valence-corrected chi connectivity index (χ2v) is 6.04. The van der Waals surface area contributed by atoms with Gasteiger partial charge in [-0.15, -0.1) is 11.3 Å². The zero-order valence-electron chi connectivity index (χ0n) is 7.70. The van der Waals surface area contributed by atoms with Crippen molar-refractivity contribution in [3.8, 4) is 0 Å². The lowest BCUT2D eigenvalue weighted by molar-refractivity contribution is 0.583. The monoisotopic (exact) mass is 219 g/mol. The first-order valence-corrected chi connectivity index (χ1v) is 6.42. The van der Waals surface area contributed by atoms with Gasteiger partial charge in [-0.3, -0.25) is 0 Å². The summed E-state index contributed by atoms with van der Waals surface area (Å²) in [5.41, 5.74) is 0. The zero-order valence-corrected chi connectivity index (χ0v) is 9.33. The largest absolute Gasteiger partial charge is 0.250 e. The molecule has 0 aromatic carbocycles. The van der Waals surface area contributed by atoms with Crippen molar-refractivity contribution < 1.29 is 8.42 Å². The number of nitrogens with one attached hydrogen (secondary N) is 1. The summed E-state index contributed by atoms with van der Waals surface area (Å²) in [6, 6.07) is 3.45. The molecule has 0 aliphatic carbocycles. The number of rotatable bonds is 4. The van der Waals surface area contributed by atoms with E-state index in [1.807, 2.05) is 19.9 Å². The number of sulfonamides is 1. The van der Waals surface area contributed by atoms with Crippen LogP contribution in [0.25, 0.3) is 0 Å². The second kappa shape index (κ2) is 4.21. The minimum absolute atomic E-state index is 0.401. The molecule has 0 bridgehead atoms. The van der Waals surface area contributed by atoms with Gasteiger partial charge in [-0.2, -0.15) is 0 Å². The summed E-state index contributed by atoms with van der Waals surface area (Å²) >= 11 is 1.29. The lowest BCUT2D eigenvalue weighted by atomic mass is 10.5. The van der Waals surface area contributed by atoms with Crippen LogP contribution in [0.3, 0.4) is 0 Å². The van der Waals surface area contributed by atoms with Crippen LogP contribution in [0.1, 0.15) is 18.2 Å². The molecule has 1 rings (SSSR count). The molecule has 0 saturated heterocycles. The van der Waals surface area contributed by atoms with Crippen LogP contribution in [-0.4, -0.2) is 15.0 Å². The van der Waals surface area contributed by atoms with Crippen LogP contribution >= 0.6 is 11.3 Å². The fraction of sp³-hybridized carbons (Fsp3) is 0.500. The van der Waals surface area contributed by atoms with E-state index in [0.717, 1.165) is 11.3 Å². The summed E-state index contributed by atoms with van der Waals surface area (Å²) < 4.78 is 25.9. The molecule has 0 saturated carbocycles. The van der Waals surface area contributed by atoms with E-state index in [4.69, 9.17) is 0 Å². The van der Waals surface area contributed by atoms with Crippen LogP contribution < -0.4 is 4.72 Å². The molecule has 1 N–H and O–H groups in total. The molecular weight excluding hydrogens is 206 g/mol. The molecule has 0 aliphatic heterocycles. The molecule has 1 aromatic rings. The fourth-order valence-electron chi connectivity index (χ4n) is 0.864. The van der Waals surface area contributed by atoms with Crippen LogP contribution in [-0.2, 0) is 10.0 Å². The molecule has 0 amide bonds. The Bertz CT molecular complexity index is 367. The van der Waals surface area contributed by atoms with Crippen LogP contribution in [0.4, 0.5) is 0 Å². The van der Waals surface area contributed by atoms with Gasteiger partial charge in [0.2, 0.25) is 10.0 Å². The predicted molar refractivity (Wildman–Crippen MR) is 54.5 cm³/mol. The summed E-state index contributed by atoms with van der Waals surface area (Å²) in [6.45, 7) is 4.32. The van der Waals surface area contributed by atoms with Gasteiger partial charge in [0.1, 0.15) is 4.21 Å². The molecule has 5 heteroatoms. The van der Waals surface area contributed by atoms with Crippen molar-refractivity contribution in [2.75, 3.05) is 6.54 Å². The maximum atomic E-state index is 11.5. The van der Waals surface area contributed by atoms with Crippen molar-refractivity contribution in [2.45, 2.75) is 24.5 Å².